The molecule has 2 aliphatic rings. The maximum atomic E-state index is 13.1. The standard InChI is InChI=1S/C27H32N8O4/c28-31-15-20-3-1-19(2-4-20)14-29-26(22-7-8-32-33-22)27(37)30-16-25(36)35-11-9-34(10-12-35)17-21-5-6-23-24(13-21)39-18-38-23/h1-8,13,15,26,29H,9-12,14,16-18,28H2,(H,30,37)(H,32,33). The fourth-order valence-electron chi connectivity index (χ4n) is 4.63. The number of benzene rings is 2. The van der Waals surface area contributed by atoms with Gasteiger partial charge in [-0.05, 0) is 34.9 Å². The van der Waals surface area contributed by atoms with Crippen molar-refractivity contribution >= 4 is 18.0 Å². The zero-order valence-electron chi connectivity index (χ0n) is 21.5. The van der Waals surface area contributed by atoms with Crippen LogP contribution in [0.2, 0.25) is 0 Å². The Balaban J connectivity index is 1.09. The molecule has 1 unspecified atom stereocenters. The van der Waals surface area contributed by atoms with Crippen molar-refractivity contribution in [2.45, 2.75) is 19.1 Å². The van der Waals surface area contributed by atoms with Crippen molar-refractivity contribution in [2.75, 3.05) is 39.5 Å². The number of nitrogens with two attached hydrogens (primary N) is 1. The van der Waals surface area contributed by atoms with Gasteiger partial charge in [-0.1, -0.05) is 30.3 Å². The zero-order chi connectivity index (χ0) is 27.0. The first-order valence-corrected chi connectivity index (χ1v) is 12.8. The van der Waals surface area contributed by atoms with Crippen LogP contribution in [0.25, 0.3) is 0 Å². The highest BCUT2D eigenvalue weighted by atomic mass is 16.7. The van der Waals surface area contributed by atoms with E-state index in [0.29, 0.717) is 25.3 Å². The second kappa shape index (κ2) is 12.4. The minimum atomic E-state index is -0.691. The fourth-order valence-corrected chi connectivity index (χ4v) is 4.63. The Hall–Kier alpha value is -4.42. The minimum absolute atomic E-state index is 0.0690. The van der Waals surface area contributed by atoms with Gasteiger partial charge < -0.3 is 25.5 Å². The first kappa shape index (κ1) is 26.2. The Morgan fingerprint density at radius 3 is 2.56 bits per heavy atom. The average Bonchev–Trinajstić information content (AvgIpc) is 3.66. The maximum absolute atomic E-state index is 13.1. The largest absolute Gasteiger partial charge is 0.454 e. The van der Waals surface area contributed by atoms with Crippen LogP contribution in [0.4, 0.5) is 0 Å². The summed E-state index contributed by atoms with van der Waals surface area (Å²) in [5.41, 5.74) is 3.63. The molecule has 5 N–H and O–H groups in total. The van der Waals surface area contributed by atoms with Crippen LogP contribution >= 0.6 is 0 Å². The van der Waals surface area contributed by atoms with E-state index < -0.39 is 6.04 Å². The number of hydrogen-bond donors (Lipinski definition) is 4. The topological polar surface area (TPSA) is 150 Å². The third kappa shape index (κ3) is 6.72. The lowest BCUT2D eigenvalue weighted by molar-refractivity contribution is -0.134. The lowest BCUT2D eigenvalue weighted by atomic mass is 10.1. The van der Waals surface area contributed by atoms with Crippen LogP contribution in [0.15, 0.2) is 59.8 Å². The molecule has 3 aromatic rings. The Kier molecular flexibility index (Phi) is 8.34. The molecule has 3 heterocycles. The number of piperazine rings is 1. The highest BCUT2D eigenvalue weighted by molar-refractivity contribution is 5.88. The molecule has 1 aromatic heterocycles. The van der Waals surface area contributed by atoms with Crippen LogP contribution in [0.3, 0.4) is 0 Å². The molecular formula is C27H32N8O4. The van der Waals surface area contributed by atoms with E-state index in [1.54, 1.807) is 23.4 Å². The van der Waals surface area contributed by atoms with Gasteiger partial charge in [0.1, 0.15) is 6.04 Å². The summed E-state index contributed by atoms with van der Waals surface area (Å²) in [4.78, 5) is 30.0. The van der Waals surface area contributed by atoms with E-state index in [-0.39, 0.29) is 25.2 Å². The third-order valence-electron chi connectivity index (χ3n) is 6.79. The molecule has 39 heavy (non-hydrogen) atoms. The molecule has 2 aromatic carbocycles. The third-order valence-corrected chi connectivity index (χ3v) is 6.79. The van der Waals surface area contributed by atoms with Gasteiger partial charge in [-0.25, -0.2) is 0 Å². The highest BCUT2D eigenvalue weighted by Crippen LogP contribution is 2.32. The molecule has 2 amide bonds. The number of amides is 2. The summed E-state index contributed by atoms with van der Waals surface area (Å²) in [6.07, 6.45) is 3.15. The Morgan fingerprint density at radius 1 is 1.05 bits per heavy atom. The van der Waals surface area contributed by atoms with E-state index >= 15 is 0 Å². The number of H-pyrrole nitrogens is 1. The lowest BCUT2D eigenvalue weighted by Crippen LogP contribution is -2.51. The molecule has 5 rings (SSSR count). The Morgan fingerprint density at radius 2 is 1.82 bits per heavy atom. The molecule has 2 aliphatic heterocycles. The Bertz CT molecular complexity index is 1290. The molecular weight excluding hydrogens is 500 g/mol. The van der Waals surface area contributed by atoms with Crippen LogP contribution in [0.5, 0.6) is 11.5 Å². The smallest absolute Gasteiger partial charge is 0.243 e. The molecule has 12 nitrogen and oxygen atoms in total. The van der Waals surface area contributed by atoms with Crippen molar-refractivity contribution < 1.29 is 19.1 Å². The number of aromatic amines is 1. The van der Waals surface area contributed by atoms with Crippen LogP contribution in [-0.2, 0) is 22.7 Å². The summed E-state index contributed by atoms with van der Waals surface area (Å²) in [7, 11) is 0. The second-order valence-electron chi connectivity index (χ2n) is 9.41. The first-order chi connectivity index (χ1) is 19.1. The number of nitrogens with one attached hydrogen (secondary N) is 3. The monoisotopic (exact) mass is 532 g/mol. The number of aromatic nitrogens is 2. The predicted octanol–water partition coefficient (Wildman–Crippen LogP) is 0.723. The molecule has 0 saturated carbocycles. The molecule has 1 atom stereocenters. The van der Waals surface area contributed by atoms with Crippen LogP contribution < -0.4 is 25.9 Å². The quantitative estimate of drug-likeness (QED) is 0.170. The molecule has 0 bridgehead atoms. The van der Waals surface area contributed by atoms with Gasteiger partial charge in [0.2, 0.25) is 18.6 Å². The molecule has 0 spiro atoms. The SMILES string of the molecule is NN=Cc1ccc(CNC(C(=O)NCC(=O)N2CCN(Cc3ccc4c(c3)OCO4)CC2)c2ccn[nH]2)cc1. The first-order valence-electron chi connectivity index (χ1n) is 12.8. The van der Waals surface area contributed by atoms with Crippen LogP contribution in [-0.4, -0.2) is 77.5 Å². The van der Waals surface area contributed by atoms with Crippen molar-refractivity contribution in [3.63, 3.8) is 0 Å². The molecule has 0 radical (unpaired) electrons. The average molecular weight is 533 g/mol. The van der Waals surface area contributed by atoms with Crippen molar-refractivity contribution in [3.05, 3.63) is 77.1 Å². The van der Waals surface area contributed by atoms with Gasteiger partial charge in [-0.2, -0.15) is 10.2 Å². The van der Waals surface area contributed by atoms with Gasteiger partial charge in [0.25, 0.3) is 0 Å². The predicted molar refractivity (Wildman–Crippen MR) is 144 cm³/mol. The van der Waals surface area contributed by atoms with E-state index in [1.807, 2.05) is 42.5 Å². The van der Waals surface area contributed by atoms with E-state index in [4.69, 9.17) is 15.3 Å². The molecule has 204 valence electrons. The number of rotatable bonds is 10. The summed E-state index contributed by atoms with van der Waals surface area (Å²) in [6, 6.07) is 14.7. The summed E-state index contributed by atoms with van der Waals surface area (Å²) >= 11 is 0. The number of ether oxygens (including phenoxy) is 2. The molecule has 12 heteroatoms. The molecule has 0 aliphatic carbocycles. The second-order valence-corrected chi connectivity index (χ2v) is 9.41. The van der Waals surface area contributed by atoms with E-state index in [9.17, 15) is 9.59 Å². The molecule has 1 fully saturated rings. The van der Waals surface area contributed by atoms with Gasteiger partial charge in [-0.3, -0.25) is 24.9 Å². The number of carbonyl (C=O) groups excluding carboxylic acids is 2. The number of hydrazone groups is 1. The van der Waals surface area contributed by atoms with Crippen molar-refractivity contribution in [1.82, 2.24) is 30.6 Å². The van der Waals surface area contributed by atoms with E-state index in [2.05, 4.69) is 30.8 Å². The zero-order valence-corrected chi connectivity index (χ0v) is 21.5. The van der Waals surface area contributed by atoms with Gasteiger partial charge in [-0.15, -0.1) is 0 Å². The summed E-state index contributed by atoms with van der Waals surface area (Å²) < 4.78 is 10.8. The van der Waals surface area contributed by atoms with E-state index in [0.717, 1.165) is 47.8 Å². The van der Waals surface area contributed by atoms with Gasteiger partial charge in [0.15, 0.2) is 11.5 Å². The highest BCUT2D eigenvalue weighted by Gasteiger charge is 2.25. The normalized spacial score (nSPS) is 15.9. The fraction of sp³-hybridized carbons (Fsp3) is 0.333. The van der Waals surface area contributed by atoms with Gasteiger partial charge in [0.05, 0.1) is 18.5 Å². The minimum Gasteiger partial charge on any atom is -0.454 e. The summed E-state index contributed by atoms with van der Waals surface area (Å²) in [5.74, 6) is 6.33. The van der Waals surface area contributed by atoms with Crippen molar-refractivity contribution in [1.29, 1.82) is 0 Å². The molecule has 1 saturated heterocycles. The lowest BCUT2D eigenvalue weighted by Gasteiger charge is -2.35. The van der Waals surface area contributed by atoms with E-state index in [1.165, 1.54) is 0 Å². The number of hydrogen-bond acceptors (Lipinski definition) is 9. The number of fused-ring (bicyclic) bond motifs is 1. The van der Waals surface area contributed by atoms with Crippen LogP contribution in [0.1, 0.15) is 28.4 Å². The van der Waals surface area contributed by atoms with Crippen molar-refractivity contribution in [2.24, 2.45) is 10.9 Å². The maximum Gasteiger partial charge on any atom is 0.243 e. The van der Waals surface area contributed by atoms with Gasteiger partial charge >= 0.3 is 0 Å². The van der Waals surface area contributed by atoms with Crippen LogP contribution in [0, 0.1) is 0 Å². The summed E-state index contributed by atoms with van der Waals surface area (Å²) in [6.45, 7) is 4.12. The van der Waals surface area contributed by atoms with Gasteiger partial charge in [0, 0.05) is 45.5 Å². The Labute approximate surface area is 226 Å². The summed E-state index contributed by atoms with van der Waals surface area (Å²) in [5, 5.41) is 16.4. The number of carbonyl (C=O) groups is 2. The van der Waals surface area contributed by atoms with Crippen molar-refractivity contribution in [3.8, 4) is 11.5 Å². The number of nitrogens with zero attached hydrogens (tertiary/aromatic N) is 4.